The molecule has 3 N–H and O–H groups in total. The van der Waals surface area contributed by atoms with Gasteiger partial charge in [-0.25, -0.2) is 0 Å². The molecule has 0 bridgehead atoms. The second-order valence-electron chi connectivity index (χ2n) is 6.00. The van der Waals surface area contributed by atoms with E-state index in [9.17, 15) is 4.79 Å². The molecule has 4 nitrogen and oxygen atoms in total. The molecule has 1 aliphatic carbocycles. The highest BCUT2D eigenvalue weighted by Crippen LogP contribution is 2.26. The van der Waals surface area contributed by atoms with Crippen LogP contribution in [0.15, 0.2) is 0 Å². The number of carbonyl (C=O) groups is 1. The number of hydrogen-bond acceptors (Lipinski definition) is 3. The van der Waals surface area contributed by atoms with Crippen molar-refractivity contribution in [3.63, 3.8) is 0 Å². The van der Waals surface area contributed by atoms with Crippen molar-refractivity contribution in [3.8, 4) is 0 Å². The average Bonchev–Trinajstić information content (AvgIpc) is 2.47. The SMILES string of the molecule is NCC(NC(=O)CC1CCCCO1)C1CCCCC1. The fourth-order valence-corrected chi connectivity index (χ4v) is 3.35. The second-order valence-corrected chi connectivity index (χ2v) is 6.00. The lowest BCUT2D eigenvalue weighted by Crippen LogP contribution is -2.46. The Morgan fingerprint density at radius 3 is 2.53 bits per heavy atom. The van der Waals surface area contributed by atoms with E-state index in [1.807, 2.05) is 0 Å². The van der Waals surface area contributed by atoms with Crippen LogP contribution in [-0.4, -0.2) is 31.2 Å². The number of hydrogen-bond donors (Lipinski definition) is 2. The summed E-state index contributed by atoms with van der Waals surface area (Å²) in [5.74, 6) is 0.697. The molecule has 0 aromatic rings. The lowest BCUT2D eigenvalue weighted by Gasteiger charge is -2.31. The van der Waals surface area contributed by atoms with Crippen LogP contribution in [0.1, 0.15) is 57.8 Å². The monoisotopic (exact) mass is 268 g/mol. The molecule has 2 atom stereocenters. The molecular formula is C15H28N2O2. The Morgan fingerprint density at radius 1 is 1.16 bits per heavy atom. The lowest BCUT2D eigenvalue weighted by atomic mass is 9.84. The molecule has 0 aromatic heterocycles. The van der Waals surface area contributed by atoms with Crippen LogP contribution in [0.5, 0.6) is 0 Å². The molecule has 0 spiro atoms. The fraction of sp³-hybridized carbons (Fsp3) is 0.933. The van der Waals surface area contributed by atoms with Gasteiger partial charge in [-0.05, 0) is 38.0 Å². The fourth-order valence-electron chi connectivity index (χ4n) is 3.35. The van der Waals surface area contributed by atoms with Crippen molar-refractivity contribution < 1.29 is 9.53 Å². The van der Waals surface area contributed by atoms with Crippen molar-refractivity contribution in [1.82, 2.24) is 5.32 Å². The number of nitrogens with two attached hydrogens (primary N) is 1. The first-order valence-corrected chi connectivity index (χ1v) is 7.90. The van der Waals surface area contributed by atoms with Crippen molar-refractivity contribution in [1.29, 1.82) is 0 Å². The second kappa shape index (κ2) is 7.85. The van der Waals surface area contributed by atoms with Gasteiger partial charge in [0.15, 0.2) is 0 Å². The van der Waals surface area contributed by atoms with Crippen LogP contribution in [-0.2, 0) is 9.53 Å². The van der Waals surface area contributed by atoms with Crippen LogP contribution < -0.4 is 11.1 Å². The van der Waals surface area contributed by atoms with Gasteiger partial charge in [-0.2, -0.15) is 0 Å². The molecular weight excluding hydrogens is 240 g/mol. The lowest BCUT2D eigenvalue weighted by molar-refractivity contribution is -0.126. The zero-order chi connectivity index (χ0) is 13.5. The molecule has 110 valence electrons. The van der Waals surface area contributed by atoms with E-state index in [4.69, 9.17) is 10.5 Å². The molecule has 1 aliphatic heterocycles. The molecule has 0 radical (unpaired) electrons. The third kappa shape index (κ3) is 4.77. The number of nitrogens with one attached hydrogen (secondary N) is 1. The number of carbonyl (C=O) groups excluding carboxylic acids is 1. The van der Waals surface area contributed by atoms with Crippen molar-refractivity contribution >= 4 is 5.91 Å². The Morgan fingerprint density at radius 2 is 1.89 bits per heavy atom. The Kier molecular flexibility index (Phi) is 6.11. The summed E-state index contributed by atoms with van der Waals surface area (Å²) >= 11 is 0. The van der Waals surface area contributed by atoms with Gasteiger partial charge in [-0.3, -0.25) is 4.79 Å². The average molecular weight is 268 g/mol. The molecule has 1 saturated heterocycles. The molecule has 2 aliphatic rings. The van der Waals surface area contributed by atoms with Gasteiger partial charge < -0.3 is 15.8 Å². The van der Waals surface area contributed by atoms with Crippen LogP contribution in [0.3, 0.4) is 0 Å². The normalized spacial score (nSPS) is 26.9. The molecule has 0 aromatic carbocycles. The Hall–Kier alpha value is -0.610. The Balaban J connectivity index is 1.74. The minimum atomic E-state index is 0.118. The van der Waals surface area contributed by atoms with E-state index in [1.54, 1.807) is 0 Å². The highest BCUT2D eigenvalue weighted by molar-refractivity contribution is 5.76. The maximum Gasteiger partial charge on any atom is 0.222 e. The smallest absolute Gasteiger partial charge is 0.222 e. The van der Waals surface area contributed by atoms with E-state index in [2.05, 4.69) is 5.32 Å². The number of rotatable bonds is 5. The van der Waals surface area contributed by atoms with Gasteiger partial charge in [0.25, 0.3) is 0 Å². The summed E-state index contributed by atoms with van der Waals surface area (Å²) in [6, 6.07) is 0.163. The summed E-state index contributed by atoms with van der Waals surface area (Å²) in [6.07, 6.45) is 10.3. The Bertz CT molecular complexity index is 271. The molecule has 1 heterocycles. The van der Waals surface area contributed by atoms with Gasteiger partial charge in [-0.15, -0.1) is 0 Å². The van der Waals surface area contributed by atoms with E-state index in [1.165, 1.54) is 38.5 Å². The van der Waals surface area contributed by atoms with Gasteiger partial charge in [0.1, 0.15) is 0 Å². The molecule has 19 heavy (non-hydrogen) atoms. The minimum Gasteiger partial charge on any atom is -0.378 e. The van der Waals surface area contributed by atoms with Crippen molar-refractivity contribution in [3.05, 3.63) is 0 Å². The Labute approximate surface area is 116 Å². The van der Waals surface area contributed by atoms with Crippen LogP contribution in [0.4, 0.5) is 0 Å². The topological polar surface area (TPSA) is 64.3 Å². The van der Waals surface area contributed by atoms with Gasteiger partial charge in [-0.1, -0.05) is 19.3 Å². The van der Waals surface area contributed by atoms with Gasteiger partial charge in [0.05, 0.1) is 12.5 Å². The summed E-state index contributed by atoms with van der Waals surface area (Å²) in [4.78, 5) is 12.1. The van der Waals surface area contributed by atoms with E-state index < -0.39 is 0 Å². The highest BCUT2D eigenvalue weighted by atomic mass is 16.5. The highest BCUT2D eigenvalue weighted by Gasteiger charge is 2.25. The molecule has 2 rings (SSSR count). The number of amides is 1. The standard InChI is InChI=1S/C15H28N2O2/c16-11-14(12-6-2-1-3-7-12)17-15(18)10-13-8-4-5-9-19-13/h12-14H,1-11,16H2,(H,17,18). The summed E-state index contributed by atoms with van der Waals surface area (Å²) in [7, 11) is 0. The predicted octanol–water partition coefficient (Wildman–Crippen LogP) is 1.97. The van der Waals surface area contributed by atoms with Crippen LogP contribution >= 0.6 is 0 Å². The van der Waals surface area contributed by atoms with E-state index >= 15 is 0 Å². The molecule has 1 amide bonds. The molecule has 2 unspecified atom stereocenters. The van der Waals surface area contributed by atoms with E-state index in [0.717, 1.165) is 19.4 Å². The maximum atomic E-state index is 12.1. The van der Waals surface area contributed by atoms with Crippen molar-refractivity contribution in [2.45, 2.75) is 69.9 Å². The minimum absolute atomic E-state index is 0.118. The third-order valence-electron chi connectivity index (χ3n) is 4.51. The largest absolute Gasteiger partial charge is 0.378 e. The van der Waals surface area contributed by atoms with Gasteiger partial charge >= 0.3 is 0 Å². The zero-order valence-electron chi connectivity index (χ0n) is 11.9. The summed E-state index contributed by atoms with van der Waals surface area (Å²) < 4.78 is 5.62. The predicted molar refractivity (Wildman–Crippen MR) is 75.8 cm³/mol. The summed E-state index contributed by atoms with van der Waals surface area (Å²) in [5.41, 5.74) is 5.84. The summed E-state index contributed by atoms with van der Waals surface area (Å²) in [6.45, 7) is 1.36. The maximum absolute atomic E-state index is 12.1. The van der Waals surface area contributed by atoms with Gasteiger partial charge in [0, 0.05) is 19.2 Å². The first-order valence-electron chi connectivity index (χ1n) is 7.90. The van der Waals surface area contributed by atoms with E-state index in [0.29, 0.717) is 18.9 Å². The third-order valence-corrected chi connectivity index (χ3v) is 4.51. The first kappa shape index (κ1) is 14.8. The zero-order valence-corrected chi connectivity index (χ0v) is 11.9. The van der Waals surface area contributed by atoms with Crippen LogP contribution in [0.2, 0.25) is 0 Å². The quantitative estimate of drug-likeness (QED) is 0.801. The molecule has 1 saturated carbocycles. The summed E-state index contributed by atoms with van der Waals surface area (Å²) in [5, 5.41) is 3.14. The first-order chi connectivity index (χ1) is 9.29. The van der Waals surface area contributed by atoms with Crippen molar-refractivity contribution in [2.24, 2.45) is 11.7 Å². The van der Waals surface area contributed by atoms with E-state index in [-0.39, 0.29) is 18.1 Å². The van der Waals surface area contributed by atoms with Gasteiger partial charge in [0.2, 0.25) is 5.91 Å². The van der Waals surface area contributed by atoms with Crippen LogP contribution in [0, 0.1) is 5.92 Å². The molecule has 4 heteroatoms. The molecule has 2 fully saturated rings. The van der Waals surface area contributed by atoms with Crippen molar-refractivity contribution in [2.75, 3.05) is 13.2 Å². The number of ether oxygens (including phenoxy) is 1. The van der Waals surface area contributed by atoms with Crippen LogP contribution in [0.25, 0.3) is 0 Å².